The molecule has 3 N–H and O–H groups in total. The Morgan fingerprint density at radius 1 is 1.31 bits per heavy atom. The summed E-state index contributed by atoms with van der Waals surface area (Å²) in [6.07, 6.45) is 1.87. The normalized spacial score (nSPS) is 17.1. The maximum absolute atomic E-state index is 12.2. The molecule has 26 heavy (non-hydrogen) atoms. The van der Waals surface area contributed by atoms with E-state index in [0.29, 0.717) is 17.3 Å². The third-order valence-corrected chi connectivity index (χ3v) is 5.81. The number of aromatic nitrogens is 2. The number of hydrogen-bond acceptors (Lipinski definition) is 7. The highest BCUT2D eigenvalue weighted by atomic mass is 32.2. The van der Waals surface area contributed by atoms with E-state index >= 15 is 0 Å². The van der Waals surface area contributed by atoms with Crippen LogP contribution in [-0.2, 0) is 14.8 Å². The number of carboxylic acids is 1. The van der Waals surface area contributed by atoms with Gasteiger partial charge in [0.2, 0.25) is 21.7 Å². The Kier molecular flexibility index (Phi) is 5.35. The standard InChI is InChI=1S/C16H20N4O5S/c1-10(16(21)22)20-26(23,24)13-4-2-11(3-5-13)14-18-15(25-19-14)12-6-8-17-9-7-12/h2-5,10,12,17,20H,6-9H2,1H3,(H,21,22). The van der Waals surface area contributed by atoms with E-state index in [4.69, 9.17) is 9.63 Å². The highest BCUT2D eigenvalue weighted by Crippen LogP contribution is 2.26. The Labute approximate surface area is 150 Å². The molecule has 1 aromatic heterocycles. The van der Waals surface area contributed by atoms with Gasteiger partial charge in [-0.3, -0.25) is 4.79 Å². The van der Waals surface area contributed by atoms with Crippen molar-refractivity contribution in [3.05, 3.63) is 30.2 Å². The Morgan fingerprint density at radius 2 is 1.96 bits per heavy atom. The number of nitrogens with zero attached hydrogens (tertiary/aromatic N) is 2. The highest BCUT2D eigenvalue weighted by Gasteiger charge is 2.23. The average Bonchev–Trinajstić information content (AvgIpc) is 3.12. The first-order valence-electron chi connectivity index (χ1n) is 8.27. The number of sulfonamides is 1. The molecule has 2 aromatic rings. The summed E-state index contributed by atoms with van der Waals surface area (Å²) in [5.41, 5.74) is 0.624. The number of piperidine rings is 1. The molecule has 1 fully saturated rings. The number of carbonyl (C=O) groups is 1. The second-order valence-electron chi connectivity index (χ2n) is 6.19. The average molecular weight is 380 g/mol. The molecular weight excluding hydrogens is 360 g/mol. The molecule has 1 aliphatic rings. The Bertz CT molecular complexity index is 872. The maximum Gasteiger partial charge on any atom is 0.321 e. The van der Waals surface area contributed by atoms with Crippen LogP contribution in [0, 0.1) is 0 Å². The lowest BCUT2D eigenvalue weighted by molar-refractivity contribution is -0.138. The van der Waals surface area contributed by atoms with Crippen molar-refractivity contribution < 1.29 is 22.8 Å². The summed E-state index contributed by atoms with van der Waals surface area (Å²) in [7, 11) is -3.92. The van der Waals surface area contributed by atoms with Crippen molar-refractivity contribution >= 4 is 16.0 Å². The molecule has 140 valence electrons. The van der Waals surface area contributed by atoms with E-state index in [0.717, 1.165) is 25.9 Å². The molecular formula is C16H20N4O5S. The van der Waals surface area contributed by atoms with Gasteiger partial charge >= 0.3 is 5.97 Å². The molecule has 1 saturated heterocycles. The Hall–Kier alpha value is -2.30. The molecule has 9 nitrogen and oxygen atoms in total. The van der Waals surface area contributed by atoms with Crippen LogP contribution in [0.3, 0.4) is 0 Å². The van der Waals surface area contributed by atoms with Gasteiger partial charge in [0.1, 0.15) is 6.04 Å². The largest absolute Gasteiger partial charge is 0.480 e. The first-order chi connectivity index (χ1) is 12.4. The fourth-order valence-electron chi connectivity index (χ4n) is 2.72. The Morgan fingerprint density at radius 3 is 2.58 bits per heavy atom. The summed E-state index contributed by atoms with van der Waals surface area (Å²) < 4.78 is 31.8. The van der Waals surface area contributed by atoms with Gasteiger partial charge in [-0.25, -0.2) is 8.42 Å². The molecule has 0 saturated carbocycles. The predicted octanol–water partition coefficient (Wildman–Crippen LogP) is 0.955. The van der Waals surface area contributed by atoms with Crippen molar-refractivity contribution in [1.82, 2.24) is 20.2 Å². The van der Waals surface area contributed by atoms with E-state index in [-0.39, 0.29) is 10.8 Å². The van der Waals surface area contributed by atoms with Crippen molar-refractivity contribution in [3.63, 3.8) is 0 Å². The smallest absolute Gasteiger partial charge is 0.321 e. The van der Waals surface area contributed by atoms with Gasteiger partial charge in [-0.15, -0.1) is 0 Å². The van der Waals surface area contributed by atoms with Crippen LogP contribution in [0.15, 0.2) is 33.7 Å². The van der Waals surface area contributed by atoms with Crippen LogP contribution in [0.5, 0.6) is 0 Å². The van der Waals surface area contributed by atoms with Crippen LogP contribution in [0.25, 0.3) is 11.4 Å². The highest BCUT2D eigenvalue weighted by molar-refractivity contribution is 7.89. The van der Waals surface area contributed by atoms with E-state index in [2.05, 4.69) is 20.2 Å². The lowest BCUT2D eigenvalue weighted by Crippen LogP contribution is -2.38. The third-order valence-electron chi connectivity index (χ3n) is 4.26. The van der Waals surface area contributed by atoms with Gasteiger partial charge in [0, 0.05) is 11.5 Å². The van der Waals surface area contributed by atoms with Gasteiger partial charge in [0.15, 0.2) is 0 Å². The van der Waals surface area contributed by atoms with Crippen molar-refractivity contribution in [2.75, 3.05) is 13.1 Å². The fourth-order valence-corrected chi connectivity index (χ4v) is 3.92. The second-order valence-corrected chi connectivity index (χ2v) is 7.90. The van der Waals surface area contributed by atoms with Crippen LogP contribution >= 0.6 is 0 Å². The molecule has 0 radical (unpaired) electrons. The number of benzene rings is 1. The third kappa shape index (κ3) is 4.09. The van der Waals surface area contributed by atoms with Gasteiger partial charge in [0.25, 0.3) is 0 Å². The quantitative estimate of drug-likeness (QED) is 0.674. The second kappa shape index (κ2) is 7.52. The molecule has 10 heteroatoms. The van der Waals surface area contributed by atoms with Crippen molar-refractivity contribution in [2.45, 2.75) is 36.6 Å². The van der Waals surface area contributed by atoms with Crippen LogP contribution in [-0.4, -0.2) is 48.8 Å². The monoisotopic (exact) mass is 380 g/mol. The minimum Gasteiger partial charge on any atom is -0.480 e. The van der Waals surface area contributed by atoms with Gasteiger partial charge in [0.05, 0.1) is 4.90 Å². The SMILES string of the molecule is CC(NS(=O)(=O)c1ccc(-c2noc(C3CCNCC3)n2)cc1)C(=O)O. The van der Waals surface area contributed by atoms with E-state index < -0.39 is 22.0 Å². The van der Waals surface area contributed by atoms with Gasteiger partial charge < -0.3 is 14.9 Å². The lowest BCUT2D eigenvalue weighted by atomic mass is 9.98. The predicted molar refractivity (Wildman–Crippen MR) is 92.0 cm³/mol. The zero-order valence-electron chi connectivity index (χ0n) is 14.2. The van der Waals surface area contributed by atoms with Crippen molar-refractivity contribution in [3.8, 4) is 11.4 Å². The van der Waals surface area contributed by atoms with Crippen LogP contribution < -0.4 is 10.0 Å². The zero-order chi connectivity index (χ0) is 18.7. The lowest BCUT2D eigenvalue weighted by Gasteiger charge is -2.18. The molecule has 0 aliphatic carbocycles. The van der Waals surface area contributed by atoms with Crippen LogP contribution in [0.2, 0.25) is 0 Å². The van der Waals surface area contributed by atoms with Crippen molar-refractivity contribution in [2.24, 2.45) is 0 Å². The van der Waals surface area contributed by atoms with E-state index in [9.17, 15) is 13.2 Å². The van der Waals surface area contributed by atoms with Crippen molar-refractivity contribution in [1.29, 1.82) is 0 Å². The fraction of sp³-hybridized carbons (Fsp3) is 0.438. The summed E-state index contributed by atoms with van der Waals surface area (Å²) in [5, 5.41) is 16.1. The molecule has 3 rings (SSSR count). The first kappa shape index (κ1) is 18.5. The molecule has 0 spiro atoms. The first-order valence-corrected chi connectivity index (χ1v) is 9.75. The summed E-state index contributed by atoms with van der Waals surface area (Å²) in [6, 6.07) is 4.68. The van der Waals surface area contributed by atoms with E-state index in [1.165, 1.54) is 19.1 Å². The summed E-state index contributed by atoms with van der Waals surface area (Å²) in [6.45, 7) is 3.09. The molecule has 1 aliphatic heterocycles. The number of hydrogen-bond donors (Lipinski definition) is 3. The topological polar surface area (TPSA) is 134 Å². The number of aliphatic carboxylic acids is 1. The van der Waals surface area contributed by atoms with Gasteiger partial charge in [-0.1, -0.05) is 5.16 Å². The summed E-state index contributed by atoms with van der Waals surface area (Å²) in [5.74, 6) is -0.0224. The minimum absolute atomic E-state index is 0.0311. The minimum atomic E-state index is -3.92. The molecule has 1 atom stereocenters. The number of nitrogens with one attached hydrogen (secondary N) is 2. The summed E-state index contributed by atoms with van der Waals surface area (Å²) >= 11 is 0. The molecule has 2 heterocycles. The molecule has 1 unspecified atom stereocenters. The van der Waals surface area contributed by atoms with Gasteiger partial charge in [-0.05, 0) is 57.1 Å². The van der Waals surface area contributed by atoms with Crippen LogP contribution in [0.4, 0.5) is 0 Å². The van der Waals surface area contributed by atoms with E-state index in [1.54, 1.807) is 12.1 Å². The number of rotatable bonds is 6. The molecule has 0 amide bonds. The molecule has 0 bridgehead atoms. The molecule has 1 aromatic carbocycles. The Balaban J connectivity index is 1.75. The van der Waals surface area contributed by atoms with E-state index in [1.807, 2.05) is 0 Å². The van der Waals surface area contributed by atoms with Crippen LogP contribution in [0.1, 0.15) is 31.6 Å². The zero-order valence-corrected chi connectivity index (χ0v) is 15.0. The van der Waals surface area contributed by atoms with Gasteiger partial charge in [-0.2, -0.15) is 9.71 Å². The number of carboxylic acid groups (broad SMARTS) is 1. The maximum atomic E-state index is 12.2. The summed E-state index contributed by atoms with van der Waals surface area (Å²) in [4.78, 5) is 15.2.